The second-order valence-corrected chi connectivity index (χ2v) is 9.92. The Labute approximate surface area is 212 Å². The van der Waals surface area contributed by atoms with Gasteiger partial charge in [-0.2, -0.15) is 0 Å². The molecule has 0 bridgehead atoms. The molecule has 6 nitrogen and oxygen atoms in total. The van der Waals surface area contributed by atoms with Gasteiger partial charge in [0.1, 0.15) is 11.6 Å². The van der Waals surface area contributed by atoms with Crippen molar-refractivity contribution < 1.29 is 9.18 Å². The van der Waals surface area contributed by atoms with E-state index in [1.54, 1.807) is 24.3 Å². The van der Waals surface area contributed by atoms with Crippen LogP contribution in [0.2, 0.25) is 0 Å². The van der Waals surface area contributed by atoms with Gasteiger partial charge in [-0.1, -0.05) is 43.2 Å². The molecule has 3 aromatic rings. The molecule has 0 spiro atoms. The van der Waals surface area contributed by atoms with Gasteiger partial charge in [-0.25, -0.2) is 9.37 Å². The molecule has 4 N–H and O–H groups in total. The lowest BCUT2D eigenvalue weighted by Gasteiger charge is -2.36. The Morgan fingerprint density at radius 2 is 1.75 bits per heavy atom. The fraction of sp³-hybridized carbons (Fsp3) is 0.379. The van der Waals surface area contributed by atoms with Gasteiger partial charge in [0.15, 0.2) is 0 Å². The molecular weight excluding hydrogens is 453 g/mol. The number of amides is 1. The van der Waals surface area contributed by atoms with Crippen molar-refractivity contribution in [1.82, 2.24) is 9.88 Å². The predicted octanol–water partition coefficient (Wildman–Crippen LogP) is 5.80. The number of anilines is 3. The van der Waals surface area contributed by atoms with Gasteiger partial charge < -0.3 is 21.3 Å². The van der Waals surface area contributed by atoms with Crippen LogP contribution < -0.4 is 16.4 Å². The van der Waals surface area contributed by atoms with Gasteiger partial charge in [0, 0.05) is 36.1 Å². The molecular formula is C29H34FN5O. The van der Waals surface area contributed by atoms with Gasteiger partial charge in [0.25, 0.3) is 5.91 Å². The van der Waals surface area contributed by atoms with E-state index in [2.05, 4.69) is 44.8 Å². The Kier molecular flexibility index (Phi) is 7.47. The second kappa shape index (κ2) is 11.1. The standard InChI is InChI=1S/C29H34FN5O/c30-26-8-4-1-5-22(26)18-32-27-17-28(33-19-25(27)29(31)36)34-23-11-9-20(10-12-23)21-13-15-35(16-14-21)24-6-2-3-7-24/h1,4-5,8-12,17,19,21,24H,2-3,6-7,13-16,18H2,(H2,31,36)(H2,32,33,34). The number of carbonyl (C=O) groups excluding carboxylic acids is 1. The van der Waals surface area contributed by atoms with Crippen molar-refractivity contribution in [3.05, 3.63) is 83.3 Å². The molecule has 0 unspecified atom stereocenters. The number of primary amides is 1. The van der Waals surface area contributed by atoms with Crippen LogP contribution in [0.25, 0.3) is 0 Å². The van der Waals surface area contributed by atoms with Crippen molar-refractivity contribution in [3.63, 3.8) is 0 Å². The van der Waals surface area contributed by atoms with Crippen molar-refractivity contribution >= 4 is 23.1 Å². The molecule has 1 amide bonds. The van der Waals surface area contributed by atoms with E-state index in [4.69, 9.17) is 5.73 Å². The van der Waals surface area contributed by atoms with Crippen molar-refractivity contribution in [2.75, 3.05) is 23.7 Å². The first-order valence-corrected chi connectivity index (χ1v) is 12.9. The van der Waals surface area contributed by atoms with Gasteiger partial charge >= 0.3 is 0 Å². The summed E-state index contributed by atoms with van der Waals surface area (Å²) in [5.41, 5.74) is 9.11. The van der Waals surface area contributed by atoms with E-state index < -0.39 is 5.91 Å². The van der Waals surface area contributed by atoms with Crippen LogP contribution in [0.1, 0.15) is 65.9 Å². The summed E-state index contributed by atoms with van der Waals surface area (Å²) in [6.07, 6.45) is 9.41. The van der Waals surface area contributed by atoms with Crippen molar-refractivity contribution in [3.8, 4) is 0 Å². The predicted molar refractivity (Wildman–Crippen MR) is 142 cm³/mol. The van der Waals surface area contributed by atoms with Crippen LogP contribution in [0.5, 0.6) is 0 Å². The smallest absolute Gasteiger partial charge is 0.252 e. The van der Waals surface area contributed by atoms with E-state index in [1.165, 1.54) is 69.4 Å². The highest BCUT2D eigenvalue weighted by Crippen LogP contribution is 2.33. The zero-order chi connectivity index (χ0) is 24.9. The Morgan fingerprint density at radius 1 is 1.03 bits per heavy atom. The minimum absolute atomic E-state index is 0.227. The monoisotopic (exact) mass is 487 g/mol. The number of nitrogens with two attached hydrogens (primary N) is 1. The number of hydrogen-bond donors (Lipinski definition) is 3. The van der Waals surface area contributed by atoms with Crippen LogP contribution in [0.3, 0.4) is 0 Å². The average Bonchev–Trinajstić information content (AvgIpc) is 3.44. The number of nitrogens with one attached hydrogen (secondary N) is 2. The van der Waals surface area contributed by atoms with Gasteiger partial charge in [0.2, 0.25) is 0 Å². The molecule has 36 heavy (non-hydrogen) atoms. The summed E-state index contributed by atoms with van der Waals surface area (Å²) in [4.78, 5) is 19.0. The molecule has 1 aliphatic carbocycles. The van der Waals surface area contributed by atoms with Crippen LogP contribution in [-0.4, -0.2) is 34.9 Å². The van der Waals surface area contributed by atoms with E-state index in [1.807, 2.05) is 0 Å². The minimum atomic E-state index is -0.589. The Hall–Kier alpha value is -3.45. The lowest BCUT2D eigenvalue weighted by molar-refractivity contribution is 0.100. The van der Waals surface area contributed by atoms with Crippen LogP contribution in [0.4, 0.5) is 21.6 Å². The number of carbonyl (C=O) groups is 1. The molecule has 5 rings (SSSR count). The SMILES string of the molecule is NC(=O)c1cnc(Nc2ccc(C3CCN(C4CCCC4)CC3)cc2)cc1NCc1ccccc1F. The van der Waals surface area contributed by atoms with E-state index in [0.717, 1.165) is 11.7 Å². The summed E-state index contributed by atoms with van der Waals surface area (Å²) in [6, 6.07) is 17.6. The summed E-state index contributed by atoms with van der Waals surface area (Å²) in [7, 11) is 0. The first kappa shape index (κ1) is 24.3. The van der Waals surface area contributed by atoms with Crippen LogP contribution in [-0.2, 0) is 6.54 Å². The zero-order valence-corrected chi connectivity index (χ0v) is 20.6. The average molecular weight is 488 g/mol. The van der Waals surface area contributed by atoms with Gasteiger partial charge in [-0.15, -0.1) is 0 Å². The molecule has 2 heterocycles. The molecule has 1 aliphatic heterocycles. The number of pyridine rings is 1. The quantitative estimate of drug-likeness (QED) is 0.374. The molecule has 0 atom stereocenters. The molecule has 188 valence electrons. The number of benzene rings is 2. The van der Waals surface area contributed by atoms with E-state index in [-0.39, 0.29) is 17.9 Å². The number of halogens is 1. The van der Waals surface area contributed by atoms with Crippen molar-refractivity contribution in [2.24, 2.45) is 5.73 Å². The van der Waals surface area contributed by atoms with Crippen LogP contribution in [0, 0.1) is 5.82 Å². The maximum atomic E-state index is 14.0. The third-order valence-corrected chi connectivity index (χ3v) is 7.62. The maximum Gasteiger partial charge on any atom is 0.252 e. The van der Waals surface area contributed by atoms with E-state index >= 15 is 0 Å². The molecule has 1 aromatic heterocycles. The number of hydrogen-bond acceptors (Lipinski definition) is 5. The number of aromatic nitrogens is 1. The summed E-state index contributed by atoms with van der Waals surface area (Å²) in [6.45, 7) is 2.63. The van der Waals surface area contributed by atoms with Crippen molar-refractivity contribution in [1.29, 1.82) is 0 Å². The lowest BCUT2D eigenvalue weighted by Crippen LogP contribution is -2.39. The third kappa shape index (κ3) is 5.68. The first-order chi connectivity index (χ1) is 17.6. The van der Waals surface area contributed by atoms with Gasteiger partial charge in [-0.05, 0) is 68.5 Å². The van der Waals surface area contributed by atoms with Crippen LogP contribution >= 0.6 is 0 Å². The van der Waals surface area contributed by atoms with E-state index in [9.17, 15) is 9.18 Å². The normalized spacial score (nSPS) is 17.2. The number of rotatable bonds is 8. The summed E-state index contributed by atoms with van der Waals surface area (Å²) in [5.74, 6) is 0.295. The Balaban J connectivity index is 1.22. The summed E-state index contributed by atoms with van der Waals surface area (Å²) < 4.78 is 14.0. The fourth-order valence-electron chi connectivity index (χ4n) is 5.55. The van der Waals surface area contributed by atoms with Crippen molar-refractivity contribution in [2.45, 2.75) is 57.0 Å². The van der Waals surface area contributed by atoms with Gasteiger partial charge in [-0.3, -0.25) is 4.79 Å². The highest BCUT2D eigenvalue weighted by Gasteiger charge is 2.27. The Morgan fingerprint density at radius 3 is 2.44 bits per heavy atom. The number of likely N-dealkylation sites (tertiary alicyclic amines) is 1. The second-order valence-electron chi connectivity index (χ2n) is 9.92. The summed E-state index contributed by atoms with van der Waals surface area (Å²) >= 11 is 0. The minimum Gasteiger partial charge on any atom is -0.380 e. The molecule has 2 aromatic carbocycles. The lowest BCUT2D eigenvalue weighted by atomic mass is 9.88. The molecule has 7 heteroatoms. The van der Waals surface area contributed by atoms with Crippen LogP contribution in [0.15, 0.2) is 60.8 Å². The first-order valence-electron chi connectivity index (χ1n) is 12.9. The highest BCUT2D eigenvalue weighted by molar-refractivity contribution is 5.98. The molecule has 1 saturated carbocycles. The van der Waals surface area contributed by atoms with Gasteiger partial charge in [0.05, 0.1) is 11.3 Å². The third-order valence-electron chi connectivity index (χ3n) is 7.62. The number of nitrogens with zero attached hydrogens (tertiary/aromatic N) is 2. The molecule has 2 aliphatic rings. The van der Waals surface area contributed by atoms with E-state index in [0.29, 0.717) is 23.0 Å². The molecule has 0 radical (unpaired) electrons. The topological polar surface area (TPSA) is 83.3 Å². The number of piperidine rings is 1. The zero-order valence-electron chi connectivity index (χ0n) is 20.6. The highest BCUT2D eigenvalue weighted by atomic mass is 19.1. The molecule has 2 fully saturated rings. The fourth-order valence-corrected chi connectivity index (χ4v) is 5.55. The largest absolute Gasteiger partial charge is 0.380 e. The summed E-state index contributed by atoms with van der Waals surface area (Å²) in [5, 5.41) is 6.44. The maximum absolute atomic E-state index is 14.0. The Bertz CT molecular complexity index is 1180. The molecule has 1 saturated heterocycles.